The van der Waals surface area contributed by atoms with E-state index in [0.29, 0.717) is 12.1 Å². The molecule has 1 amide bonds. The summed E-state index contributed by atoms with van der Waals surface area (Å²) in [7, 11) is 0. The third kappa shape index (κ3) is 4.73. The van der Waals surface area contributed by atoms with E-state index in [1.807, 2.05) is 0 Å². The number of carboxylic acid groups (broad SMARTS) is 1. The lowest BCUT2D eigenvalue weighted by molar-refractivity contribution is -0.138. The minimum absolute atomic E-state index is 0.226. The lowest BCUT2D eigenvalue weighted by atomic mass is 10.1. The first-order valence-corrected chi connectivity index (χ1v) is 5.88. The van der Waals surface area contributed by atoms with Crippen molar-refractivity contribution in [3.63, 3.8) is 0 Å². The number of amides is 1. The highest BCUT2D eigenvalue weighted by Crippen LogP contribution is 2.31. The maximum Gasteiger partial charge on any atom is 0.416 e. The third-order valence-electron chi connectivity index (χ3n) is 2.35. The van der Waals surface area contributed by atoms with Gasteiger partial charge in [0.05, 0.1) is 12.0 Å². The van der Waals surface area contributed by atoms with Crippen LogP contribution in [-0.4, -0.2) is 23.0 Å². The van der Waals surface area contributed by atoms with Crippen LogP contribution in [0.4, 0.5) is 13.2 Å². The molecule has 4 nitrogen and oxygen atoms in total. The average Bonchev–Trinajstić information content (AvgIpc) is 2.25. The highest BCUT2D eigenvalue weighted by Gasteiger charge is 2.31. The van der Waals surface area contributed by atoms with E-state index in [-0.39, 0.29) is 17.0 Å². The van der Waals surface area contributed by atoms with Crippen LogP contribution in [0.15, 0.2) is 18.2 Å². The Morgan fingerprint density at radius 2 is 1.95 bits per heavy atom. The van der Waals surface area contributed by atoms with Gasteiger partial charge in [-0.3, -0.25) is 9.59 Å². The Hall–Kier alpha value is -1.76. The predicted octanol–water partition coefficient (Wildman–Crippen LogP) is 2.95. The van der Waals surface area contributed by atoms with Crippen molar-refractivity contribution >= 4 is 23.5 Å². The Bertz CT molecular complexity index is 531. The molecule has 0 aromatic heterocycles. The van der Waals surface area contributed by atoms with Gasteiger partial charge in [-0.25, -0.2) is 0 Å². The van der Waals surface area contributed by atoms with E-state index in [2.05, 4.69) is 5.32 Å². The minimum atomic E-state index is -4.62. The SMILES string of the molecule is CC(CC(=O)O)NC(=O)c1cc(Cl)cc(C(F)(F)F)c1. The Labute approximate surface area is 117 Å². The van der Waals surface area contributed by atoms with Gasteiger partial charge in [0.1, 0.15) is 0 Å². The Morgan fingerprint density at radius 1 is 1.35 bits per heavy atom. The van der Waals surface area contributed by atoms with Gasteiger partial charge in [0.2, 0.25) is 0 Å². The fraction of sp³-hybridized carbons (Fsp3) is 0.333. The Kier molecular flexibility index (Phi) is 4.99. The molecule has 0 radical (unpaired) electrons. The van der Waals surface area contributed by atoms with E-state index in [4.69, 9.17) is 16.7 Å². The summed E-state index contributed by atoms with van der Waals surface area (Å²) >= 11 is 5.55. The van der Waals surface area contributed by atoms with Gasteiger partial charge in [-0.05, 0) is 25.1 Å². The zero-order chi connectivity index (χ0) is 15.5. The van der Waals surface area contributed by atoms with Crippen molar-refractivity contribution in [3.05, 3.63) is 34.3 Å². The van der Waals surface area contributed by atoms with Crippen LogP contribution in [0.25, 0.3) is 0 Å². The van der Waals surface area contributed by atoms with Gasteiger partial charge in [0.25, 0.3) is 5.91 Å². The molecule has 110 valence electrons. The van der Waals surface area contributed by atoms with E-state index >= 15 is 0 Å². The van der Waals surface area contributed by atoms with Gasteiger partial charge in [-0.2, -0.15) is 13.2 Å². The topological polar surface area (TPSA) is 66.4 Å². The summed E-state index contributed by atoms with van der Waals surface area (Å²) in [4.78, 5) is 22.2. The van der Waals surface area contributed by atoms with E-state index in [9.17, 15) is 22.8 Å². The second-order valence-corrected chi connectivity index (χ2v) is 4.64. The average molecular weight is 310 g/mol. The highest BCUT2D eigenvalue weighted by molar-refractivity contribution is 6.31. The van der Waals surface area contributed by atoms with Crippen molar-refractivity contribution in [2.45, 2.75) is 25.6 Å². The molecular weight excluding hydrogens is 299 g/mol. The third-order valence-corrected chi connectivity index (χ3v) is 2.56. The van der Waals surface area contributed by atoms with Gasteiger partial charge >= 0.3 is 12.1 Å². The lowest BCUT2D eigenvalue weighted by Crippen LogP contribution is -2.34. The molecule has 0 bridgehead atoms. The van der Waals surface area contributed by atoms with Crippen molar-refractivity contribution in [1.82, 2.24) is 5.32 Å². The van der Waals surface area contributed by atoms with Crippen molar-refractivity contribution in [3.8, 4) is 0 Å². The summed E-state index contributed by atoms with van der Waals surface area (Å²) in [5.74, 6) is -1.94. The fourth-order valence-corrected chi connectivity index (χ4v) is 1.74. The fourth-order valence-electron chi connectivity index (χ4n) is 1.50. The molecule has 1 rings (SSSR count). The van der Waals surface area contributed by atoms with E-state index in [1.54, 1.807) is 0 Å². The number of aliphatic carboxylic acids is 1. The zero-order valence-corrected chi connectivity index (χ0v) is 11.0. The first-order valence-electron chi connectivity index (χ1n) is 5.50. The van der Waals surface area contributed by atoms with Gasteiger partial charge in [0.15, 0.2) is 0 Å². The Morgan fingerprint density at radius 3 is 2.45 bits per heavy atom. The van der Waals surface area contributed by atoms with Crippen molar-refractivity contribution in [2.75, 3.05) is 0 Å². The highest BCUT2D eigenvalue weighted by atomic mass is 35.5. The Balaban J connectivity index is 2.93. The summed E-state index contributed by atoms with van der Waals surface area (Å²) in [6.45, 7) is 1.43. The van der Waals surface area contributed by atoms with Crippen LogP contribution in [-0.2, 0) is 11.0 Å². The van der Waals surface area contributed by atoms with Gasteiger partial charge in [-0.1, -0.05) is 11.6 Å². The summed E-state index contributed by atoms with van der Waals surface area (Å²) < 4.78 is 37.7. The minimum Gasteiger partial charge on any atom is -0.481 e. The number of alkyl halides is 3. The van der Waals surface area contributed by atoms with Crippen molar-refractivity contribution in [2.24, 2.45) is 0 Å². The van der Waals surface area contributed by atoms with Gasteiger partial charge < -0.3 is 10.4 Å². The molecule has 0 aliphatic heterocycles. The van der Waals surface area contributed by atoms with Crippen LogP contribution in [0.3, 0.4) is 0 Å². The molecule has 1 aromatic carbocycles. The molecule has 2 N–H and O–H groups in total. The van der Waals surface area contributed by atoms with Crippen LogP contribution in [0.1, 0.15) is 29.3 Å². The smallest absolute Gasteiger partial charge is 0.416 e. The summed E-state index contributed by atoms with van der Waals surface area (Å²) in [6.07, 6.45) is -4.95. The molecular formula is C12H11ClF3NO3. The van der Waals surface area contributed by atoms with E-state index < -0.39 is 29.7 Å². The second-order valence-electron chi connectivity index (χ2n) is 4.20. The van der Waals surface area contributed by atoms with Crippen LogP contribution >= 0.6 is 11.6 Å². The van der Waals surface area contributed by atoms with Crippen LogP contribution < -0.4 is 5.32 Å². The largest absolute Gasteiger partial charge is 0.481 e. The quantitative estimate of drug-likeness (QED) is 0.898. The van der Waals surface area contributed by atoms with Crippen LogP contribution in [0, 0.1) is 0 Å². The first-order chi connectivity index (χ1) is 9.09. The molecule has 0 aliphatic rings. The number of halogens is 4. The zero-order valence-electron chi connectivity index (χ0n) is 10.3. The molecule has 8 heteroatoms. The number of hydrogen-bond acceptors (Lipinski definition) is 2. The summed E-state index contributed by atoms with van der Waals surface area (Å²) in [5.41, 5.74) is -1.32. The monoisotopic (exact) mass is 309 g/mol. The number of carbonyl (C=O) groups excluding carboxylic acids is 1. The molecule has 0 saturated carbocycles. The predicted molar refractivity (Wildman–Crippen MR) is 65.6 cm³/mol. The van der Waals surface area contributed by atoms with E-state index in [0.717, 1.165) is 6.07 Å². The summed E-state index contributed by atoms with van der Waals surface area (Å²) in [5, 5.41) is 10.6. The standard InChI is InChI=1S/C12H11ClF3NO3/c1-6(2-10(18)19)17-11(20)7-3-8(12(14,15)16)5-9(13)4-7/h3-6H,2H2,1H3,(H,17,20)(H,18,19). The molecule has 0 spiro atoms. The maximum absolute atomic E-state index is 12.6. The molecule has 1 atom stereocenters. The number of carbonyl (C=O) groups is 2. The molecule has 0 aliphatic carbocycles. The number of carboxylic acids is 1. The van der Waals surface area contributed by atoms with Crippen LogP contribution in [0.2, 0.25) is 5.02 Å². The molecule has 1 unspecified atom stereocenters. The number of benzene rings is 1. The van der Waals surface area contributed by atoms with Gasteiger partial charge in [0, 0.05) is 16.6 Å². The lowest BCUT2D eigenvalue weighted by Gasteiger charge is -2.13. The molecule has 0 fully saturated rings. The second kappa shape index (κ2) is 6.13. The number of nitrogens with one attached hydrogen (secondary N) is 1. The van der Waals surface area contributed by atoms with Crippen molar-refractivity contribution in [1.29, 1.82) is 0 Å². The molecule has 0 saturated heterocycles. The van der Waals surface area contributed by atoms with Gasteiger partial charge in [-0.15, -0.1) is 0 Å². The number of rotatable bonds is 4. The van der Waals surface area contributed by atoms with Crippen LogP contribution in [0.5, 0.6) is 0 Å². The number of hydrogen-bond donors (Lipinski definition) is 2. The maximum atomic E-state index is 12.6. The molecule has 1 aromatic rings. The first kappa shape index (κ1) is 16.3. The molecule has 0 heterocycles. The normalized spacial score (nSPS) is 12.8. The van der Waals surface area contributed by atoms with E-state index in [1.165, 1.54) is 6.92 Å². The summed E-state index contributed by atoms with van der Waals surface area (Å²) in [6, 6.07) is 1.74. The van der Waals surface area contributed by atoms with Crippen molar-refractivity contribution < 1.29 is 27.9 Å². The molecule has 20 heavy (non-hydrogen) atoms.